The number of hydrogen-bond donors (Lipinski definition) is 0. The van der Waals surface area contributed by atoms with Gasteiger partial charge in [-0.05, 0) is 132 Å². The van der Waals surface area contributed by atoms with Crippen LogP contribution in [0.3, 0.4) is 0 Å². The molecule has 4 rings (SSSR count). The topological polar surface area (TPSA) is 15.7 Å². The minimum atomic E-state index is 0.442. The molecule has 2 aliphatic heterocycles. The molecule has 0 radical (unpaired) electrons. The number of hydrogen-bond acceptors (Lipinski definition) is 3. The van der Waals surface area contributed by atoms with E-state index >= 15 is 0 Å². The molecular formula is C29H42N2O. The maximum atomic E-state index is 5.87. The summed E-state index contributed by atoms with van der Waals surface area (Å²) in [6.07, 6.45) is 2.25. The first kappa shape index (κ1) is 23.2. The normalized spacial score (nSPS) is 26.1. The molecule has 3 nitrogen and oxygen atoms in total. The average Bonchev–Trinajstić information content (AvgIpc) is 2.80. The molecule has 2 aromatic carbocycles. The Morgan fingerprint density at radius 2 is 1.34 bits per heavy atom. The first-order valence-electron chi connectivity index (χ1n) is 12.5. The van der Waals surface area contributed by atoms with Crippen LogP contribution < -0.4 is 9.64 Å². The lowest BCUT2D eigenvalue weighted by atomic mass is 9.87. The summed E-state index contributed by atoms with van der Waals surface area (Å²) < 4.78 is 5.87. The molecule has 0 N–H and O–H groups in total. The molecule has 3 heteroatoms. The summed E-state index contributed by atoms with van der Waals surface area (Å²) in [5.41, 5.74) is 11.6. The highest BCUT2D eigenvalue weighted by atomic mass is 16.5. The zero-order valence-corrected chi connectivity index (χ0v) is 21.7. The average molecular weight is 435 g/mol. The third kappa shape index (κ3) is 3.73. The van der Waals surface area contributed by atoms with E-state index in [4.69, 9.17) is 4.74 Å². The van der Waals surface area contributed by atoms with Crippen LogP contribution in [0.15, 0.2) is 18.2 Å². The maximum Gasteiger partial charge on any atom is 0.122 e. The van der Waals surface area contributed by atoms with Crippen molar-refractivity contribution in [1.82, 2.24) is 4.90 Å². The van der Waals surface area contributed by atoms with Gasteiger partial charge in [0.05, 0.1) is 6.61 Å². The highest BCUT2D eigenvalue weighted by Crippen LogP contribution is 2.37. The van der Waals surface area contributed by atoms with Crippen LogP contribution in [0.5, 0.6) is 5.75 Å². The van der Waals surface area contributed by atoms with Crippen LogP contribution in [0.25, 0.3) is 0 Å². The zero-order valence-electron chi connectivity index (χ0n) is 21.7. The zero-order chi connectivity index (χ0) is 23.3. The van der Waals surface area contributed by atoms with Gasteiger partial charge in [-0.3, -0.25) is 4.90 Å². The lowest BCUT2D eigenvalue weighted by Gasteiger charge is -2.54. The van der Waals surface area contributed by atoms with Crippen LogP contribution in [-0.4, -0.2) is 35.7 Å². The van der Waals surface area contributed by atoms with E-state index in [-0.39, 0.29) is 0 Å². The predicted molar refractivity (Wildman–Crippen MR) is 136 cm³/mol. The van der Waals surface area contributed by atoms with E-state index in [0.717, 1.165) is 31.7 Å². The van der Waals surface area contributed by atoms with Crippen LogP contribution in [0.2, 0.25) is 0 Å². The second-order valence-corrected chi connectivity index (χ2v) is 10.4. The molecule has 0 saturated carbocycles. The summed E-state index contributed by atoms with van der Waals surface area (Å²) in [6, 6.07) is 8.66. The molecular weight excluding hydrogens is 392 g/mol. The molecule has 32 heavy (non-hydrogen) atoms. The quantitative estimate of drug-likeness (QED) is 0.553. The molecule has 0 amide bonds. The van der Waals surface area contributed by atoms with Gasteiger partial charge < -0.3 is 9.64 Å². The van der Waals surface area contributed by atoms with Crippen molar-refractivity contribution in [1.29, 1.82) is 0 Å². The highest BCUT2D eigenvalue weighted by molar-refractivity contribution is 5.56. The van der Waals surface area contributed by atoms with E-state index in [1.165, 1.54) is 44.6 Å². The Hall–Kier alpha value is -2.00. The Balaban J connectivity index is 1.64. The fraction of sp³-hybridized carbons (Fsp3) is 0.586. The van der Waals surface area contributed by atoms with E-state index in [1.54, 1.807) is 0 Å². The number of benzene rings is 2. The number of anilines is 1. The first-order valence-corrected chi connectivity index (χ1v) is 12.5. The lowest BCUT2D eigenvalue weighted by molar-refractivity contribution is 0.0721. The van der Waals surface area contributed by atoms with E-state index in [1.807, 2.05) is 0 Å². The summed E-state index contributed by atoms with van der Waals surface area (Å²) in [7, 11) is 0. The van der Waals surface area contributed by atoms with Gasteiger partial charge in [-0.15, -0.1) is 0 Å². The van der Waals surface area contributed by atoms with Gasteiger partial charge in [-0.1, -0.05) is 0 Å². The van der Waals surface area contributed by atoms with Gasteiger partial charge >= 0.3 is 0 Å². The van der Waals surface area contributed by atoms with E-state index < -0.39 is 0 Å². The molecule has 2 aliphatic rings. The van der Waals surface area contributed by atoms with Gasteiger partial charge in [0.1, 0.15) is 5.75 Å². The molecule has 1 fully saturated rings. The monoisotopic (exact) mass is 434 g/mol. The lowest BCUT2D eigenvalue weighted by Crippen LogP contribution is -2.65. The molecule has 4 atom stereocenters. The number of nitrogens with zero attached hydrogens (tertiary/aromatic N) is 2. The van der Waals surface area contributed by atoms with Gasteiger partial charge in [0, 0.05) is 36.4 Å². The number of rotatable bonds is 3. The number of piperazine rings is 1. The van der Waals surface area contributed by atoms with Crippen molar-refractivity contribution in [3.05, 3.63) is 57.1 Å². The Labute approximate surface area is 195 Å². The molecule has 2 heterocycles. The number of fused-ring (bicyclic) bond motifs is 1. The van der Waals surface area contributed by atoms with Crippen molar-refractivity contribution in [2.75, 3.05) is 11.5 Å². The highest BCUT2D eigenvalue weighted by Gasteiger charge is 2.40. The van der Waals surface area contributed by atoms with Crippen LogP contribution in [-0.2, 0) is 13.0 Å². The fourth-order valence-corrected chi connectivity index (χ4v) is 6.02. The summed E-state index contributed by atoms with van der Waals surface area (Å²) in [5, 5.41) is 0. The third-order valence-corrected chi connectivity index (χ3v) is 9.01. The van der Waals surface area contributed by atoms with Gasteiger partial charge in [-0.2, -0.15) is 0 Å². The molecule has 2 aromatic rings. The van der Waals surface area contributed by atoms with Crippen molar-refractivity contribution < 1.29 is 4.74 Å². The Bertz CT molecular complexity index is 966. The predicted octanol–water partition coefficient (Wildman–Crippen LogP) is 6.43. The maximum absolute atomic E-state index is 5.87. The Morgan fingerprint density at radius 1 is 0.781 bits per heavy atom. The Kier molecular flexibility index (Phi) is 6.33. The largest absolute Gasteiger partial charge is 0.493 e. The molecule has 0 spiro atoms. The third-order valence-electron chi connectivity index (χ3n) is 9.01. The standard InChI is InChI=1S/C29H42N2O/c1-17-18(2)20(4)28(21(5)19(17)3)16-30-22(6)24(8)31(25(9)23(30)7)27-12-13-29-26(15-27)11-10-14-32-29/h12-13,15,22-25H,10-11,14,16H2,1-9H3. The number of aryl methyl sites for hydroxylation is 1. The van der Waals surface area contributed by atoms with Crippen molar-refractivity contribution in [2.45, 2.75) is 106 Å². The van der Waals surface area contributed by atoms with Crippen molar-refractivity contribution >= 4 is 5.69 Å². The minimum Gasteiger partial charge on any atom is -0.493 e. The molecule has 174 valence electrons. The summed E-state index contributed by atoms with van der Waals surface area (Å²) in [5.74, 6) is 1.08. The van der Waals surface area contributed by atoms with Gasteiger partial charge in [0.15, 0.2) is 0 Å². The number of ether oxygens (including phenoxy) is 1. The van der Waals surface area contributed by atoms with Gasteiger partial charge in [-0.25, -0.2) is 0 Å². The summed E-state index contributed by atoms with van der Waals surface area (Å²) in [6.45, 7) is 23.0. The van der Waals surface area contributed by atoms with Gasteiger partial charge in [0.2, 0.25) is 0 Å². The second kappa shape index (κ2) is 8.74. The smallest absolute Gasteiger partial charge is 0.122 e. The van der Waals surface area contributed by atoms with E-state index in [2.05, 4.69) is 90.3 Å². The van der Waals surface area contributed by atoms with Crippen molar-refractivity contribution in [2.24, 2.45) is 0 Å². The van der Waals surface area contributed by atoms with Crippen LogP contribution in [0.4, 0.5) is 5.69 Å². The van der Waals surface area contributed by atoms with Crippen LogP contribution >= 0.6 is 0 Å². The summed E-state index contributed by atoms with van der Waals surface area (Å²) in [4.78, 5) is 5.41. The Morgan fingerprint density at radius 3 is 1.94 bits per heavy atom. The minimum absolute atomic E-state index is 0.442. The first-order chi connectivity index (χ1) is 15.1. The van der Waals surface area contributed by atoms with E-state index in [0.29, 0.717) is 24.2 Å². The second-order valence-electron chi connectivity index (χ2n) is 10.4. The summed E-state index contributed by atoms with van der Waals surface area (Å²) >= 11 is 0. The van der Waals surface area contributed by atoms with Crippen molar-refractivity contribution in [3.8, 4) is 5.75 Å². The van der Waals surface area contributed by atoms with Gasteiger partial charge in [0.25, 0.3) is 0 Å². The molecule has 1 saturated heterocycles. The molecule has 4 unspecified atom stereocenters. The SMILES string of the molecule is Cc1c(C)c(C)c(CN2C(C)C(C)N(c3ccc4c(c3)CCCO4)C(C)C2C)c(C)c1C. The fourth-order valence-electron chi connectivity index (χ4n) is 6.02. The molecule has 0 aliphatic carbocycles. The molecule has 0 aromatic heterocycles. The molecule has 0 bridgehead atoms. The van der Waals surface area contributed by atoms with Crippen LogP contribution in [0, 0.1) is 34.6 Å². The van der Waals surface area contributed by atoms with Crippen LogP contribution in [0.1, 0.15) is 73.1 Å². The van der Waals surface area contributed by atoms with Crippen molar-refractivity contribution in [3.63, 3.8) is 0 Å². The van der Waals surface area contributed by atoms with E-state index in [9.17, 15) is 0 Å².